The summed E-state index contributed by atoms with van der Waals surface area (Å²) in [5.74, 6) is 4.24. The van der Waals surface area contributed by atoms with Gasteiger partial charge in [-0.3, -0.25) is 4.79 Å². The van der Waals surface area contributed by atoms with E-state index in [0.29, 0.717) is 21.7 Å². The molecule has 3 heteroatoms. The van der Waals surface area contributed by atoms with Crippen molar-refractivity contribution in [3.05, 3.63) is 23.8 Å². The number of rotatable bonds is 0. The van der Waals surface area contributed by atoms with Gasteiger partial charge in [0.05, 0.1) is 4.08 Å². The van der Waals surface area contributed by atoms with Crippen molar-refractivity contribution in [2.75, 3.05) is 11.5 Å². The molecule has 114 valence electrons. The zero-order valence-electron chi connectivity index (χ0n) is 12.9. The summed E-state index contributed by atoms with van der Waals surface area (Å²) in [6.45, 7) is 4.53. The zero-order chi connectivity index (χ0) is 14.7. The van der Waals surface area contributed by atoms with Gasteiger partial charge >= 0.3 is 0 Å². The molecule has 3 aliphatic carbocycles. The lowest BCUT2D eigenvalue weighted by Crippen LogP contribution is -2.43. The Hall–Kier alpha value is -0.150. The molecular formula is C18H24OS2. The van der Waals surface area contributed by atoms with Crippen LogP contribution in [0.5, 0.6) is 0 Å². The summed E-state index contributed by atoms with van der Waals surface area (Å²) in [7, 11) is 0. The second-order valence-corrected chi connectivity index (χ2v) is 10.4. The highest BCUT2D eigenvalue weighted by Gasteiger charge is 2.60. The quantitative estimate of drug-likeness (QED) is 0.603. The molecule has 1 nitrogen and oxygen atoms in total. The SMILES string of the molecule is CC1=CC[C@@H]2C3(CC[C@]2(C)C(=O)[C@@H]2CC=C[C@H]12)SCCS3. The molecule has 0 N–H and O–H groups in total. The van der Waals surface area contributed by atoms with E-state index in [-0.39, 0.29) is 11.3 Å². The number of carbonyl (C=O) groups excluding carboxylic acids is 1. The Morgan fingerprint density at radius 3 is 2.71 bits per heavy atom. The first-order valence-electron chi connectivity index (χ1n) is 8.22. The van der Waals surface area contributed by atoms with Gasteiger partial charge < -0.3 is 0 Å². The maximum Gasteiger partial charge on any atom is 0.143 e. The first kappa shape index (κ1) is 14.4. The van der Waals surface area contributed by atoms with E-state index < -0.39 is 0 Å². The number of thioether (sulfide) groups is 2. The summed E-state index contributed by atoms with van der Waals surface area (Å²) >= 11 is 4.29. The van der Waals surface area contributed by atoms with Crippen molar-refractivity contribution in [2.24, 2.45) is 23.2 Å². The van der Waals surface area contributed by atoms with Crippen LogP contribution in [0.4, 0.5) is 0 Å². The normalized spacial score (nSPS) is 44.4. The molecule has 1 saturated carbocycles. The van der Waals surface area contributed by atoms with Gasteiger partial charge in [-0.1, -0.05) is 30.7 Å². The van der Waals surface area contributed by atoms with Crippen LogP contribution in [-0.2, 0) is 4.79 Å². The molecule has 0 aromatic rings. The predicted octanol–water partition coefficient (Wildman–Crippen LogP) is 4.69. The highest BCUT2D eigenvalue weighted by atomic mass is 32.2. The molecule has 2 fully saturated rings. The van der Waals surface area contributed by atoms with Crippen LogP contribution in [0.25, 0.3) is 0 Å². The number of carbonyl (C=O) groups is 1. The first-order chi connectivity index (χ1) is 10.1. The molecular weight excluding hydrogens is 296 g/mol. The van der Waals surface area contributed by atoms with Crippen molar-refractivity contribution in [1.82, 2.24) is 0 Å². The van der Waals surface area contributed by atoms with Crippen LogP contribution >= 0.6 is 23.5 Å². The van der Waals surface area contributed by atoms with Crippen LogP contribution in [0, 0.1) is 23.2 Å². The minimum absolute atomic E-state index is 0.0868. The Kier molecular flexibility index (Phi) is 3.39. The standard InChI is InChI=1S/C18H24OS2/c1-12-6-7-15-17(2,8-9-18(15)20-10-11-21-18)16(19)14-5-3-4-13(12)14/h3-4,6,13-15H,5,7-11H2,1-2H3/t13-,14-,15+,17+/m1/s1. The number of Topliss-reactive ketones (excluding diaryl/α,β-unsaturated/α-hetero) is 1. The summed E-state index contributed by atoms with van der Waals surface area (Å²) < 4.78 is 0.333. The van der Waals surface area contributed by atoms with Gasteiger partial charge in [0.1, 0.15) is 5.78 Å². The van der Waals surface area contributed by atoms with Crippen LogP contribution in [0.3, 0.4) is 0 Å². The fourth-order valence-electron chi connectivity index (χ4n) is 5.07. The zero-order valence-corrected chi connectivity index (χ0v) is 14.6. The fraction of sp³-hybridized carbons (Fsp3) is 0.722. The van der Waals surface area contributed by atoms with E-state index in [9.17, 15) is 4.79 Å². The lowest BCUT2D eigenvalue weighted by atomic mass is 9.66. The molecule has 1 heterocycles. The third-order valence-electron chi connectivity index (χ3n) is 6.34. The molecule has 1 aliphatic heterocycles. The van der Waals surface area contributed by atoms with Crippen LogP contribution in [0.1, 0.15) is 39.5 Å². The molecule has 21 heavy (non-hydrogen) atoms. The molecule has 1 spiro atoms. The van der Waals surface area contributed by atoms with Crippen molar-refractivity contribution < 1.29 is 4.79 Å². The van der Waals surface area contributed by atoms with Gasteiger partial charge in [0.25, 0.3) is 0 Å². The molecule has 1 saturated heterocycles. The lowest BCUT2D eigenvalue weighted by molar-refractivity contribution is -0.134. The number of hydrogen-bond donors (Lipinski definition) is 0. The summed E-state index contributed by atoms with van der Waals surface area (Å²) in [6, 6.07) is 0. The van der Waals surface area contributed by atoms with E-state index in [1.54, 1.807) is 0 Å². The third-order valence-corrected chi connectivity index (χ3v) is 10.1. The molecule has 0 amide bonds. The van der Waals surface area contributed by atoms with Crippen LogP contribution < -0.4 is 0 Å². The molecule has 0 unspecified atom stereocenters. The number of hydrogen-bond acceptors (Lipinski definition) is 3. The monoisotopic (exact) mass is 320 g/mol. The Morgan fingerprint density at radius 1 is 1.19 bits per heavy atom. The van der Waals surface area contributed by atoms with Crippen LogP contribution in [-0.4, -0.2) is 21.4 Å². The smallest absolute Gasteiger partial charge is 0.143 e. The third kappa shape index (κ3) is 1.96. The summed E-state index contributed by atoms with van der Waals surface area (Å²) in [4.78, 5) is 13.4. The second-order valence-electron chi connectivity index (χ2n) is 7.32. The van der Waals surface area contributed by atoms with Gasteiger partial charge in [-0.15, -0.1) is 23.5 Å². The van der Waals surface area contributed by atoms with E-state index in [0.717, 1.165) is 19.3 Å². The average molecular weight is 321 g/mol. The molecule has 4 aliphatic rings. The minimum atomic E-state index is -0.0868. The summed E-state index contributed by atoms with van der Waals surface area (Å²) in [5.41, 5.74) is 1.34. The van der Waals surface area contributed by atoms with Gasteiger partial charge in [-0.25, -0.2) is 0 Å². The van der Waals surface area contributed by atoms with E-state index >= 15 is 0 Å². The molecule has 0 aromatic heterocycles. The largest absolute Gasteiger partial charge is 0.299 e. The van der Waals surface area contributed by atoms with E-state index in [4.69, 9.17) is 0 Å². The summed E-state index contributed by atoms with van der Waals surface area (Å²) in [5, 5.41) is 0. The summed E-state index contributed by atoms with van der Waals surface area (Å²) in [6.07, 6.45) is 11.4. The molecule has 0 aromatic carbocycles. The van der Waals surface area contributed by atoms with Crippen LogP contribution in [0.2, 0.25) is 0 Å². The number of ketones is 1. The first-order valence-corrected chi connectivity index (χ1v) is 10.2. The van der Waals surface area contributed by atoms with Crippen molar-refractivity contribution in [3.63, 3.8) is 0 Å². The van der Waals surface area contributed by atoms with Crippen molar-refractivity contribution in [2.45, 2.75) is 43.6 Å². The topological polar surface area (TPSA) is 17.1 Å². The van der Waals surface area contributed by atoms with E-state index in [2.05, 4.69) is 55.6 Å². The average Bonchev–Trinajstić information content (AvgIpc) is 3.18. The van der Waals surface area contributed by atoms with Crippen molar-refractivity contribution in [3.8, 4) is 0 Å². The van der Waals surface area contributed by atoms with Gasteiger partial charge in [0, 0.05) is 28.8 Å². The van der Waals surface area contributed by atoms with Crippen LogP contribution in [0.15, 0.2) is 23.8 Å². The predicted molar refractivity (Wildman–Crippen MR) is 92.6 cm³/mol. The number of fused-ring (bicyclic) bond motifs is 3. The van der Waals surface area contributed by atoms with Gasteiger partial charge in [-0.05, 0) is 38.5 Å². The number of allylic oxidation sites excluding steroid dienone is 4. The Morgan fingerprint density at radius 2 is 1.95 bits per heavy atom. The van der Waals surface area contributed by atoms with E-state index in [1.165, 1.54) is 23.5 Å². The lowest BCUT2D eigenvalue weighted by Gasteiger charge is -2.41. The van der Waals surface area contributed by atoms with E-state index in [1.807, 2.05) is 0 Å². The Labute approximate surface area is 136 Å². The molecule has 4 rings (SSSR count). The van der Waals surface area contributed by atoms with Crippen molar-refractivity contribution in [1.29, 1.82) is 0 Å². The Bertz CT molecular complexity index is 529. The highest BCUT2D eigenvalue weighted by molar-refractivity contribution is 8.21. The van der Waals surface area contributed by atoms with Gasteiger partial charge in [-0.2, -0.15) is 0 Å². The highest BCUT2D eigenvalue weighted by Crippen LogP contribution is 2.66. The molecule has 0 radical (unpaired) electrons. The fourth-order valence-corrected chi connectivity index (χ4v) is 8.87. The van der Waals surface area contributed by atoms with Gasteiger partial charge in [0.2, 0.25) is 0 Å². The molecule has 4 atom stereocenters. The second kappa shape index (κ2) is 4.92. The van der Waals surface area contributed by atoms with Crippen molar-refractivity contribution >= 4 is 29.3 Å². The molecule has 0 bridgehead atoms. The maximum absolute atomic E-state index is 13.4. The Balaban J connectivity index is 1.77. The van der Waals surface area contributed by atoms with Gasteiger partial charge in [0.15, 0.2) is 0 Å². The maximum atomic E-state index is 13.4. The minimum Gasteiger partial charge on any atom is -0.299 e.